The van der Waals surface area contributed by atoms with E-state index in [9.17, 15) is 4.79 Å². The molecule has 2 aromatic carbocycles. The van der Waals surface area contributed by atoms with Crippen LogP contribution >= 0.6 is 11.3 Å². The van der Waals surface area contributed by atoms with Crippen LogP contribution in [0.1, 0.15) is 0 Å². The quantitative estimate of drug-likeness (QED) is 0.743. The van der Waals surface area contributed by atoms with Crippen LogP contribution in [0.5, 0.6) is 17.2 Å². The van der Waals surface area contributed by atoms with Crippen molar-refractivity contribution in [3.63, 3.8) is 0 Å². The maximum Gasteiger partial charge on any atom is 0.264 e. The molecule has 0 unspecified atom stereocenters. The van der Waals surface area contributed by atoms with Crippen molar-refractivity contribution in [1.82, 2.24) is 4.98 Å². The molecule has 7 heteroatoms. The van der Waals surface area contributed by atoms with Gasteiger partial charge in [0.1, 0.15) is 22.8 Å². The SMILES string of the molecule is COc1ccc(OCC(=O)Nc2nc3c(OC)cccc3s2)cc1. The lowest BCUT2D eigenvalue weighted by atomic mass is 10.3. The molecule has 24 heavy (non-hydrogen) atoms. The molecule has 1 amide bonds. The maximum absolute atomic E-state index is 12.0. The molecule has 3 aromatic rings. The predicted molar refractivity (Wildman–Crippen MR) is 93.3 cm³/mol. The molecule has 0 bridgehead atoms. The highest BCUT2D eigenvalue weighted by Crippen LogP contribution is 2.32. The number of nitrogens with zero attached hydrogens (tertiary/aromatic N) is 1. The minimum Gasteiger partial charge on any atom is -0.497 e. The Morgan fingerprint density at radius 2 is 1.83 bits per heavy atom. The van der Waals surface area contributed by atoms with Crippen LogP contribution in [0, 0.1) is 0 Å². The fourth-order valence-electron chi connectivity index (χ4n) is 2.12. The highest BCUT2D eigenvalue weighted by atomic mass is 32.1. The fourth-order valence-corrected chi connectivity index (χ4v) is 3.02. The summed E-state index contributed by atoms with van der Waals surface area (Å²) >= 11 is 1.39. The second kappa shape index (κ2) is 7.18. The summed E-state index contributed by atoms with van der Waals surface area (Å²) in [7, 11) is 3.19. The molecule has 0 radical (unpaired) electrons. The average molecular weight is 344 g/mol. The number of fused-ring (bicyclic) bond motifs is 1. The van der Waals surface area contributed by atoms with Crippen molar-refractivity contribution >= 4 is 32.6 Å². The molecule has 0 spiro atoms. The topological polar surface area (TPSA) is 69.7 Å². The van der Waals surface area contributed by atoms with Gasteiger partial charge in [-0.1, -0.05) is 17.4 Å². The average Bonchev–Trinajstić information content (AvgIpc) is 3.02. The number of methoxy groups -OCH3 is 2. The van der Waals surface area contributed by atoms with Crippen molar-refractivity contribution in [3.05, 3.63) is 42.5 Å². The van der Waals surface area contributed by atoms with Gasteiger partial charge in [-0.25, -0.2) is 4.98 Å². The van der Waals surface area contributed by atoms with Crippen molar-refractivity contribution in [2.24, 2.45) is 0 Å². The summed E-state index contributed by atoms with van der Waals surface area (Å²) in [4.78, 5) is 16.4. The van der Waals surface area contributed by atoms with Gasteiger partial charge >= 0.3 is 0 Å². The smallest absolute Gasteiger partial charge is 0.264 e. The second-order valence-corrected chi connectivity index (χ2v) is 5.87. The zero-order valence-electron chi connectivity index (χ0n) is 13.2. The number of nitrogens with one attached hydrogen (secondary N) is 1. The van der Waals surface area contributed by atoms with Gasteiger partial charge in [0.2, 0.25) is 0 Å². The number of anilines is 1. The number of carbonyl (C=O) groups excluding carboxylic acids is 1. The van der Waals surface area contributed by atoms with Crippen molar-refractivity contribution < 1.29 is 19.0 Å². The van der Waals surface area contributed by atoms with Gasteiger partial charge in [-0.15, -0.1) is 0 Å². The first-order valence-electron chi connectivity index (χ1n) is 7.20. The van der Waals surface area contributed by atoms with Crippen LogP contribution in [0.4, 0.5) is 5.13 Å². The van der Waals surface area contributed by atoms with Crippen molar-refractivity contribution in [2.45, 2.75) is 0 Å². The summed E-state index contributed by atoms with van der Waals surface area (Å²) in [6.07, 6.45) is 0. The Morgan fingerprint density at radius 3 is 2.54 bits per heavy atom. The van der Waals surface area contributed by atoms with Crippen molar-refractivity contribution in [3.8, 4) is 17.2 Å². The Morgan fingerprint density at radius 1 is 1.08 bits per heavy atom. The van der Waals surface area contributed by atoms with Crippen LogP contribution < -0.4 is 19.5 Å². The molecule has 124 valence electrons. The molecule has 1 aromatic heterocycles. The predicted octanol–water partition coefficient (Wildman–Crippen LogP) is 3.33. The van der Waals surface area contributed by atoms with Crippen LogP contribution in [0.15, 0.2) is 42.5 Å². The number of amides is 1. The Hall–Kier alpha value is -2.80. The Labute approximate surface area is 143 Å². The molecular weight excluding hydrogens is 328 g/mol. The Balaban J connectivity index is 1.62. The number of aromatic nitrogens is 1. The van der Waals surface area contributed by atoms with E-state index in [0.29, 0.717) is 16.6 Å². The highest BCUT2D eigenvalue weighted by Gasteiger charge is 2.11. The standard InChI is InChI=1S/C17H16N2O4S/c1-21-11-6-8-12(9-7-11)23-10-15(20)18-17-19-16-13(22-2)4-3-5-14(16)24-17/h3-9H,10H2,1-2H3,(H,18,19,20). The van der Waals surface area contributed by atoms with Gasteiger partial charge in [-0.3, -0.25) is 10.1 Å². The highest BCUT2D eigenvalue weighted by molar-refractivity contribution is 7.22. The summed E-state index contributed by atoms with van der Waals surface area (Å²) in [6.45, 7) is -0.0978. The third-order valence-electron chi connectivity index (χ3n) is 3.28. The molecular formula is C17H16N2O4S. The van der Waals surface area contributed by atoms with Gasteiger partial charge in [0, 0.05) is 0 Å². The monoisotopic (exact) mass is 344 g/mol. The van der Waals surface area contributed by atoms with Crippen LogP contribution in [0.2, 0.25) is 0 Å². The number of rotatable bonds is 6. The van der Waals surface area contributed by atoms with Crippen LogP contribution in [0.25, 0.3) is 10.2 Å². The van der Waals surface area contributed by atoms with Gasteiger partial charge in [0.25, 0.3) is 5.91 Å². The van der Waals surface area contributed by atoms with E-state index in [4.69, 9.17) is 14.2 Å². The molecule has 0 fully saturated rings. The van der Waals surface area contributed by atoms with E-state index in [-0.39, 0.29) is 12.5 Å². The van der Waals surface area contributed by atoms with E-state index < -0.39 is 0 Å². The number of thiazole rings is 1. The number of hydrogen-bond acceptors (Lipinski definition) is 6. The van der Waals surface area contributed by atoms with Gasteiger partial charge in [-0.2, -0.15) is 0 Å². The van der Waals surface area contributed by atoms with E-state index >= 15 is 0 Å². The van der Waals surface area contributed by atoms with Gasteiger partial charge < -0.3 is 14.2 Å². The molecule has 0 aliphatic rings. The summed E-state index contributed by atoms with van der Waals surface area (Å²) in [5.74, 6) is 1.73. The van der Waals surface area contributed by atoms with E-state index in [1.807, 2.05) is 18.2 Å². The van der Waals surface area contributed by atoms with Crippen molar-refractivity contribution in [2.75, 3.05) is 26.1 Å². The maximum atomic E-state index is 12.0. The van der Waals surface area contributed by atoms with E-state index in [1.54, 1.807) is 38.5 Å². The molecule has 6 nitrogen and oxygen atoms in total. The molecule has 0 saturated heterocycles. The molecule has 0 saturated carbocycles. The Bertz CT molecular complexity index is 845. The minimum absolute atomic E-state index is 0.0978. The summed E-state index contributed by atoms with van der Waals surface area (Å²) < 4.78 is 16.7. The fraction of sp³-hybridized carbons (Fsp3) is 0.176. The molecule has 0 aliphatic carbocycles. The van der Waals surface area contributed by atoms with Crippen LogP contribution in [0.3, 0.4) is 0 Å². The first-order valence-corrected chi connectivity index (χ1v) is 8.01. The number of ether oxygens (including phenoxy) is 3. The van der Waals surface area contributed by atoms with Gasteiger partial charge in [-0.05, 0) is 36.4 Å². The minimum atomic E-state index is -0.274. The molecule has 1 N–H and O–H groups in total. The number of benzene rings is 2. The third-order valence-corrected chi connectivity index (χ3v) is 4.21. The molecule has 0 atom stereocenters. The Kier molecular flexibility index (Phi) is 4.81. The summed E-state index contributed by atoms with van der Waals surface area (Å²) in [6, 6.07) is 12.7. The summed E-state index contributed by atoms with van der Waals surface area (Å²) in [5.41, 5.74) is 0.733. The lowest BCUT2D eigenvalue weighted by molar-refractivity contribution is -0.118. The van der Waals surface area contributed by atoms with E-state index in [2.05, 4.69) is 10.3 Å². The molecule has 0 aliphatic heterocycles. The number of hydrogen-bond donors (Lipinski definition) is 1. The third kappa shape index (κ3) is 3.57. The van der Waals surface area contributed by atoms with Gasteiger partial charge in [0.05, 0.1) is 18.9 Å². The first-order chi connectivity index (χ1) is 11.7. The normalized spacial score (nSPS) is 10.4. The zero-order valence-corrected chi connectivity index (χ0v) is 14.1. The number of carbonyl (C=O) groups is 1. The first kappa shape index (κ1) is 16.1. The number of para-hydroxylation sites is 1. The lowest BCUT2D eigenvalue weighted by Gasteiger charge is -2.06. The van der Waals surface area contributed by atoms with Gasteiger partial charge in [0.15, 0.2) is 11.7 Å². The summed E-state index contributed by atoms with van der Waals surface area (Å²) in [5, 5.41) is 3.25. The van der Waals surface area contributed by atoms with Crippen LogP contribution in [-0.2, 0) is 4.79 Å². The zero-order chi connectivity index (χ0) is 16.9. The van der Waals surface area contributed by atoms with E-state index in [0.717, 1.165) is 16.0 Å². The molecule has 1 heterocycles. The van der Waals surface area contributed by atoms with Crippen LogP contribution in [-0.4, -0.2) is 31.7 Å². The largest absolute Gasteiger partial charge is 0.497 e. The van der Waals surface area contributed by atoms with Crippen molar-refractivity contribution in [1.29, 1.82) is 0 Å². The van der Waals surface area contributed by atoms with E-state index in [1.165, 1.54) is 11.3 Å². The lowest BCUT2D eigenvalue weighted by Crippen LogP contribution is -2.19. The molecule has 3 rings (SSSR count). The second-order valence-electron chi connectivity index (χ2n) is 4.84.